The van der Waals surface area contributed by atoms with Crippen molar-refractivity contribution >= 4 is 17.4 Å². The van der Waals surface area contributed by atoms with E-state index in [4.69, 9.17) is 16.3 Å². The first-order valence-electron chi connectivity index (χ1n) is 6.10. The van der Waals surface area contributed by atoms with Crippen LogP contribution >= 0.6 is 11.6 Å². The van der Waals surface area contributed by atoms with Gasteiger partial charge in [0, 0.05) is 10.6 Å². The summed E-state index contributed by atoms with van der Waals surface area (Å²) in [6.45, 7) is 0. The molecule has 0 saturated heterocycles. The molecule has 0 fully saturated rings. The molecule has 2 aromatic carbocycles. The van der Waals surface area contributed by atoms with E-state index < -0.39 is 17.5 Å². The zero-order valence-corrected chi connectivity index (χ0v) is 11.9. The summed E-state index contributed by atoms with van der Waals surface area (Å²) in [6, 6.07) is 12.3. The van der Waals surface area contributed by atoms with Gasteiger partial charge in [0.05, 0.1) is 13.2 Å². The lowest BCUT2D eigenvalue weighted by Gasteiger charge is -2.11. The quantitative estimate of drug-likeness (QED) is 0.803. The third-order valence-corrected chi connectivity index (χ3v) is 3.39. The Morgan fingerprint density at radius 2 is 2.05 bits per heavy atom. The van der Waals surface area contributed by atoms with Crippen LogP contribution in [0.3, 0.4) is 0 Å². The van der Waals surface area contributed by atoms with Crippen LogP contribution in [0.15, 0.2) is 42.5 Å². The molecule has 0 aromatic heterocycles. The van der Waals surface area contributed by atoms with Gasteiger partial charge in [-0.1, -0.05) is 29.8 Å². The summed E-state index contributed by atoms with van der Waals surface area (Å²) in [5.74, 6) is -2.12. The van der Waals surface area contributed by atoms with Crippen LogP contribution in [-0.2, 0) is 0 Å². The van der Waals surface area contributed by atoms with E-state index >= 15 is 0 Å². The minimum Gasteiger partial charge on any atom is -0.494 e. The maximum absolute atomic E-state index is 13.4. The van der Waals surface area contributed by atoms with Gasteiger partial charge in [-0.15, -0.1) is 0 Å². The number of ether oxygens (including phenoxy) is 1. The number of rotatable bonds is 4. The molecule has 0 amide bonds. The predicted molar refractivity (Wildman–Crippen MR) is 77.1 cm³/mol. The first-order valence-corrected chi connectivity index (χ1v) is 6.48. The fourth-order valence-electron chi connectivity index (χ4n) is 1.96. The number of Topliss-reactive ketones (excluding diaryl/α,β-unsaturated/α-hetero) is 1. The first kappa shape index (κ1) is 15.0. The van der Waals surface area contributed by atoms with Crippen molar-refractivity contribution in [1.82, 2.24) is 0 Å². The number of benzene rings is 2. The molecule has 5 heteroatoms. The van der Waals surface area contributed by atoms with Crippen LogP contribution in [-0.4, -0.2) is 12.9 Å². The lowest BCUT2D eigenvalue weighted by atomic mass is 9.91. The molecule has 0 radical (unpaired) electrons. The van der Waals surface area contributed by atoms with Gasteiger partial charge in [0.15, 0.2) is 17.3 Å². The van der Waals surface area contributed by atoms with Crippen LogP contribution in [0.2, 0.25) is 5.02 Å². The summed E-state index contributed by atoms with van der Waals surface area (Å²) < 4.78 is 18.2. The highest BCUT2D eigenvalue weighted by atomic mass is 35.5. The summed E-state index contributed by atoms with van der Waals surface area (Å²) in [5, 5.41) is 9.62. The summed E-state index contributed by atoms with van der Waals surface area (Å²) in [6.07, 6.45) is 0. The molecule has 0 aliphatic rings. The third-order valence-electron chi connectivity index (χ3n) is 3.04. The van der Waals surface area contributed by atoms with Gasteiger partial charge >= 0.3 is 0 Å². The fourth-order valence-corrected chi connectivity index (χ4v) is 2.20. The molecule has 0 saturated carbocycles. The average Bonchev–Trinajstić information content (AvgIpc) is 2.50. The van der Waals surface area contributed by atoms with Crippen molar-refractivity contribution in [1.29, 1.82) is 5.26 Å². The molecule has 0 bridgehead atoms. The van der Waals surface area contributed by atoms with Crippen molar-refractivity contribution in [2.75, 3.05) is 7.11 Å². The van der Waals surface area contributed by atoms with Crippen LogP contribution in [0.25, 0.3) is 0 Å². The Labute approximate surface area is 126 Å². The molecule has 0 N–H and O–H groups in total. The first-order chi connectivity index (χ1) is 10.1. The largest absolute Gasteiger partial charge is 0.494 e. The van der Waals surface area contributed by atoms with Gasteiger partial charge in [-0.3, -0.25) is 4.79 Å². The van der Waals surface area contributed by atoms with E-state index in [0.717, 1.165) is 6.07 Å². The van der Waals surface area contributed by atoms with Gasteiger partial charge in [-0.05, 0) is 29.8 Å². The van der Waals surface area contributed by atoms with Crippen molar-refractivity contribution in [2.45, 2.75) is 5.92 Å². The molecular formula is C16H11ClFNO2. The molecule has 0 spiro atoms. The van der Waals surface area contributed by atoms with E-state index in [1.807, 2.05) is 6.07 Å². The minimum absolute atomic E-state index is 0.0447. The molecule has 2 rings (SSSR count). The van der Waals surface area contributed by atoms with Crippen LogP contribution in [0.4, 0.5) is 4.39 Å². The SMILES string of the molecule is COc1cc(C(=O)C(C#N)c2ccccc2Cl)ccc1F. The topological polar surface area (TPSA) is 50.1 Å². The molecule has 3 nitrogen and oxygen atoms in total. The normalized spacial score (nSPS) is 11.5. The molecule has 1 atom stereocenters. The predicted octanol–water partition coefficient (Wildman–Crippen LogP) is 3.98. The van der Waals surface area contributed by atoms with Crippen LogP contribution < -0.4 is 4.74 Å². The second-order valence-corrected chi connectivity index (χ2v) is 4.70. The highest BCUT2D eigenvalue weighted by Crippen LogP contribution is 2.28. The highest BCUT2D eigenvalue weighted by molar-refractivity contribution is 6.31. The lowest BCUT2D eigenvalue weighted by Crippen LogP contribution is -2.12. The molecule has 0 aliphatic carbocycles. The van der Waals surface area contributed by atoms with Crippen LogP contribution in [0, 0.1) is 17.1 Å². The van der Waals surface area contributed by atoms with Gasteiger partial charge in [0.1, 0.15) is 5.92 Å². The Bertz CT molecular complexity index is 724. The fraction of sp³-hybridized carbons (Fsp3) is 0.125. The van der Waals surface area contributed by atoms with E-state index in [-0.39, 0.29) is 11.3 Å². The molecular weight excluding hydrogens is 293 g/mol. The second-order valence-electron chi connectivity index (χ2n) is 4.30. The molecule has 106 valence electrons. The number of nitrogens with zero attached hydrogens (tertiary/aromatic N) is 1. The molecule has 2 aromatic rings. The van der Waals surface area contributed by atoms with Crippen LogP contribution in [0.1, 0.15) is 21.8 Å². The zero-order chi connectivity index (χ0) is 15.4. The monoisotopic (exact) mass is 303 g/mol. The maximum Gasteiger partial charge on any atom is 0.184 e. The second kappa shape index (κ2) is 6.38. The van der Waals surface area contributed by atoms with E-state index in [9.17, 15) is 14.4 Å². The van der Waals surface area contributed by atoms with Gasteiger partial charge in [0.25, 0.3) is 0 Å². The Kier molecular flexibility index (Phi) is 4.56. The lowest BCUT2D eigenvalue weighted by molar-refractivity contribution is 0.0978. The van der Waals surface area contributed by atoms with E-state index in [1.54, 1.807) is 24.3 Å². The Hall–Kier alpha value is -2.38. The van der Waals surface area contributed by atoms with Crippen molar-refractivity contribution < 1.29 is 13.9 Å². The van der Waals surface area contributed by atoms with Gasteiger partial charge < -0.3 is 4.74 Å². The Morgan fingerprint density at radius 1 is 1.33 bits per heavy atom. The molecule has 1 unspecified atom stereocenters. The third kappa shape index (κ3) is 3.04. The van der Waals surface area contributed by atoms with E-state index in [0.29, 0.717) is 10.6 Å². The summed E-state index contributed by atoms with van der Waals surface area (Å²) in [7, 11) is 1.31. The number of methoxy groups -OCH3 is 1. The van der Waals surface area contributed by atoms with Crippen LogP contribution in [0.5, 0.6) is 5.75 Å². The van der Waals surface area contributed by atoms with Crippen molar-refractivity contribution in [3.63, 3.8) is 0 Å². The molecule has 0 heterocycles. The van der Waals surface area contributed by atoms with Gasteiger partial charge in [-0.25, -0.2) is 4.39 Å². The standard InChI is InChI=1S/C16H11ClFNO2/c1-21-15-8-10(6-7-14(15)18)16(20)12(9-19)11-4-2-3-5-13(11)17/h2-8,12H,1H3. The maximum atomic E-state index is 13.4. The summed E-state index contributed by atoms with van der Waals surface area (Å²) in [4.78, 5) is 12.4. The van der Waals surface area contributed by atoms with E-state index in [1.165, 1.54) is 19.2 Å². The number of hydrogen-bond donors (Lipinski definition) is 0. The van der Waals surface area contributed by atoms with Gasteiger partial charge in [-0.2, -0.15) is 5.26 Å². The van der Waals surface area contributed by atoms with E-state index in [2.05, 4.69) is 0 Å². The highest BCUT2D eigenvalue weighted by Gasteiger charge is 2.24. The Morgan fingerprint density at radius 3 is 2.67 bits per heavy atom. The zero-order valence-electron chi connectivity index (χ0n) is 11.1. The number of nitriles is 1. The number of carbonyl (C=O) groups excluding carboxylic acids is 1. The Balaban J connectivity index is 2.43. The average molecular weight is 304 g/mol. The summed E-state index contributed by atoms with van der Waals surface area (Å²) >= 11 is 6.03. The number of halogens is 2. The number of ketones is 1. The van der Waals surface area contributed by atoms with Crippen molar-refractivity contribution in [2.24, 2.45) is 0 Å². The summed E-state index contributed by atoms with van der Waals surface area (Å²) in [5.41, 5.74) is 0.620. The number of hydrogen-bond acceptors (Lipinski definition) is 3. The molecule has 21 heavy (non-hydrogen) atoms. The van der Waals surface area contributed by atoms with Crippen molar-refractivity contribution in [3.8, 4) is 11.8 Å². The smallest absolute Gasteiger partial charge is 0.184 e. The van der Waals surface area contributed by atoms with Gasteiger partial charge in [0.2, 0.25) is 0 Å². The number of carbonyl (C=O) groups is 1. The minimum atomic E-state index is -1.05. The molecule has 0 aliphatic heterocycles. The van der Waals surface area contributed by atoms with Crippen molar-refractivity contribution in [3.05, 3.63) is 64.4 Å².